The van der Waals surface area contributed by atoms with Crippen LogP contribution in [0.25, 0.3) is 10.9 Å². The molecular weight excluding hydrogens is 344 g/mol. The lowest BCUT2D eigenvalue weighted by atomic mass is 10.3. The fourth-order valence-electron chi connectivity index (χ4n) is 2.93. The first-order valence-electron chi connectivity index (χ1n) is 8.66. The quantitative estimate of drug-likeness (QED) is 0.446. The van der Waals surface area contributed by atoms with Crippen LogP contribution in [0.3, 0.4) is 0 Å². The van der Waals surface area contributed by atoms with Gasteiger partial charge in [0.25, 0.3) is 0 Å². The number of nitrogens with one attached hydrogen (secondary N) is 3. The van der Waals surface area contributed by atoms with E-state index in [1.807, 2.05) is 25.3 Å². The average Bonchev–Trinajstić information content (AvgIpc) is 3.25. The number of hydrogen-bond acceptors (Lipinski definition) is 5. The van der Waals surface area contributed by atoms with Gasteiger partial charge in [0.2, 0.25) is 0 Å². The van der Waals surface area contributed by atoms with Gasteiger partial charge in [-0.2, -0.15) is 5.10 Å². The number of anilines is 2. The van der Waals surface area contributed by atoms with Crippen LogP contribution in [0.5, 0.6) is 0 Å². The Balaban J connectivity index is 1.38. The minimum atomic E-state index is 0.651. The molecule has 7 heteroatoms. The number of para-hydroxylation sites is 1. The lowest BCUT2D eigenvalue weighted by molar-refractivity contribution is 0.946. The van der Waals surface area contributed by atoms with Crippen LogP contribution in [-0.2, 0) is 0 Å². The number of aryl methyl sites for hydroxylation is 1. The van der Waals surface area contributed by atoms with Crippen molar-refractivity contribution in [2.24, 2.45) is 0 Å². The van der Waals surface area contributed by atoms with Gasteiger partial charge >= 0.3 is 0 Å². The number of rotatable bonds is 5. The maximum atomic E-state index is 4.67. The largest absolute Gasteiger partial charge is 0.349 e. The number of nitrogens with zero attached hydrogens (tertiary/aromatic N) is 3. The Kier molecular flexibility index (Phi) is 3.67. The molecule has 1 aromatic carbocycles. The first-order chi connectivity index (χ1) is 12.7. The summed E-state index contributed by atoms with van der Waals surface area (Å²) in [5, 5.41) is 13.7. The fourth-order valence-corrected chi connectivity index (χ4v) is 3.71. The van der Waals surface area contributed by atoms with Crippen molar-refractivity contribution in [3.8, 4) is 0 Å². The number of hydrogen-bond donors (Lipinski definition) is 3. The third-order valence-electron chi connectivity index (χ3n) is 4.52. The summed E-state index contributed by atoms with van der Waals surface area (Å²) >= 11 is 1.52. The van der Waals surface area contributed by atoms with Gasteiger partial charge in [-0.05, 0) is 43.7 Å². The molecule has 1 fully saturated rings. The maximum absolute atomic E-state index is 4.67. The van der Waals surface area contributed by atoms with E-state index >= 15 is 0 Å². The second-order valence-electron chi connectivity index (χ2n) is 6.61. The highest BCUT2D eigenvalue weighted by atomic mass is 32.2. The molecule has 26 heavy (non-hydrogen) atoms. The van der Waals surface area contributed by atoms with E-state index in [1.54, 1.807) is 0 Å². The van der Waals surface area contributed by atoms with Gasteiger partial charge in [0.1, 0.15) is 5.82 Å². The molecule has 0 aliphatic heterocycles. The third kappa shape index (κ3) is 3.06. The van der Waals surface area contributed by atoms with Crippen molar-refractivity contribution in [3.63, 3.8) is 0 Å². The second kappa shape index (κ2) is 6.17. The summed E-state index contributed by atoms with van der Waals surface area (Å²) in [6.07, 6.45) is 4.34. The van der Waals surface area contributed by atoms with Gasteiger partial charge in [-0.15, -0.1) is 0 Å². The highest BCUT2D eigenvalue weighted by Gasteiger charge is 2.25. The topological polar surface area (TPSA) is 82.3 Å². The smallest absolute Gasteiger partial charge is 0.195 e. The van der Waals surface area contributed by atoms with Crippen LogP contribution in [0.1, 0.15) is 30.0 Å². The zero-order chi connectivity index (χ0) is 17.5. The molecule has 5 rings (SSSR count). The van der Waals surface area contributed by atoms with Gasteiger partial charge in [-0.3, -0.25) is 5.10 Å². The molecule has 6 nitrogen and oxygen atoms in total. The van der Waals surface area contributed by atoms with E-state index in [9.17, 15) is 0 Å². The molecule has 1 aliphatic carbocycles. The van der Waals surface area contributed by atoms with Crippen LogP contribution in [0.4, 0.5) is 11.6 Å². The fraction of sp³-hybridized carbons (Fsp3) is 0.211. The molecule has 0 amide bonds. The Labute approximate surface area is 154 Å². The summed E-state index contributed by atoms with van der Waals surface area (Å²) in [4.78, 5) is 12.5. The molecule has 0 unspecified atom stereocenters. The SMILES string of the molecule is Cc1cnc(Sc2cc3ccccc3[nH]2)nc1Nc1cc(C2CC2)[nH]n1. The molecule has 3 N–H and O–H groups in total. The first-order valence-corrected chi connectivity index (χ1v) is 9.48. The summed E-state index contributed by atoms with van der Waals surface area (Å²) in [6, 6.07) is 12.4. The minimum Gasteiger partial charge on any atom is -0.349 e. The van der Waals surface area contributed by atoms with Crippen molar-refractivity contribution in [2.75, 3.05) is 5.32 Å². The van der Waals surface area contributed by atoms with Crippen molar-refractivity contribution in [3.05, 3.63) is 53.9 Å². The molecule has 130 valence electrons. The van der Waals surface area contributed by atoms with Crippen molar-refractivity contribution >= 4 is 34.3 Å². The van der Waals surface area contributed by atoms with Crippen molar-refractivity contribution in [2.45, 2.75) is 35.9 Å². The summed E-state index contributed by atoms with van der Waals surface area (Å²) in [6.45, 7) is 1.99. The van der Waals surface area contributed by atoms with Crippen LogP contribution in [-0.4, -0.2) is 25.1 Å². The van der Waals surface area contributed by atoms with Gasteiger partial charge in [-0.1, -0.05) is 18.2 Å². The van der Waals surface area contributed by atoms with E-state index in [2.05, 4.69) is 54.7 Å². The molecule has 0 bridgehead atoms. The number of aromatic amines is 2. The predicted molar refractivity (Wildman–Crippen MR) is 103 cm³/mol. The summed E-state index contributed by atoms with van der Waals surface area (Å²) in [7, 11) is 0. The molecule has 3 heterocycles. The highest BCUT2D eigenvalue weighted by molar-refractivity contribution is 7.99. The van der Waals surface area contributed by atoms with Crippen LogP contribution in [0.2, 0.25) is 0 Å². The molecule has 1 aliphatic rings. The molecule has 3 aromatic heterocycles. The first kappa shape index (κ1) is 15.5. The Morgan fingerprint density at radius 1 is 1.19 bits per heavy atom. The second-order valence-corrected chi connectivity index (χ2v) is 7.62. The number of H-pyrrole nitrogens is 2. The predicted octanol–water partition coefficient (Wildman–Crippen LogP) is 4.76. The lowest BCUT2D eigenvalue weighted by Gasteiger charge is -2.07. The lowest BCUT2D eigenvalue weighted by Crippen LogP contribution is -1.99. The van der Waals surface area contributed by atoms with E-state index in [4.69, 9.17) is 0 Å². The van der Waals surface area contributed by atoms with Crippen LogP contribution in [0, 0.1) is 6.92 Å². The van der Waals surface area contributed by atoms with Crippen molar-refractivity contribution in [1.29, 1.82) is 0 Å². The zero-order valence-electron chi connectivity index (χ0n) is 14.3. The van der Waals surface area contributed by atoms with E-state index in [0.29, 0.717) is 11.1 Å². The summed E-state index contributed by atoms with van der Waals surface area (Å²) in [5.41, 5.74) is 3.30. The van der Waals surface area contributed by atoms with E-state index in [1.165, 1.54) is 35.7 Å². The van der Waals surface area contributed by atoms with Gasteiger partial charge in [0.05, 0.1) is 5.03 Å². The molecule has 1 saturated carbocycles. The molecule has 0 saturated heterocycles. The normalized spacial score (nSPS) is 14.0. The molecular formula is C19H18N6S. The maximum Gasteiger partial charge on any atom is 0.195 e. The summed E-state index contributed by atoms with van der Waals surface area (Å²) in [5.74, 6) is 2.24. The Hall–Kier alpha value is -2.80. The number of aromatic nitrogens is 5. The zero-order valence-corrected chi connectivity index (χ0v) is 15.1. The molecule has 0 spiro atoms. The van der Waals surface area contributed by atoms with Gasteiger partial charge < -0.3 is 10.3 Å². The van der Waals surface area contributed by atoms with Gasteiger partial charge in [0.15, 0.2) is 11.0 Å². The monoisotopic (exact) mass is 362 g/mol. The van der Waals surface area contributed by atoms with E-state index < -0.39 is 0 Å². The van der Waals surface area contributed by atoms with Crippen LogP contribution >= 0.6 is 11.8 Å². The third-order valence-corrected chi connectivity index (χ3v) is 5.34. The minimum absolute atomic E-state index is 0.651. The Bertz CT molecular complexity index is 1050. The number of benzene rings is 1. The van der Waals surface area contributed by atoms with Crippen LogP contribution in [0.15, 0.2) is 52.8 Å². The van der Waals surface area contributed by atoms with Crippen LogP contribution < -0.4 is 5.32 Å². The molecule has 0 radical (unpaired) electrons. The van der Waals surface area contributed by atoms with E-state index in [0.717, 1.165) is 27.7 Å². The van der Waals surface area contributed by atoms with Crippen molar-refractivity contribution in [1.82, 2.24) is 25.1 Å². The Morgan fingerprint density at radius 2 is 2.08 bits per heavy atom. The average molecular weight is 362 g/mol. The van der Waals surface area contributed by atoms with E-state index in [-0.39, 0.29) is 0 Å². The molecule has 4 aromatic rings. The van der Waals surface area contributed by atoms with Crippen molar-refractivity contribution < 1.29 is 0 Å². The molecule has 0 atom stereocenters. The van der Waals surface area contributed by atoms with Gasteiger partial charge in [0, 0.05) is 40.3 Å². The highest BCUT2D eigenvalue weighted by Crippen LogP contribution is 2.39. The number of fused-ring (bicyclic) bond motifs is 1. The van der Waals surface area contributed by atoms with Gasteiger partial charge in [-0.25, -0.2) is 9.97 Å². The summed E-state index contributed by atoms with van der Waals surface area (Å²) < 4.78 is 0. The standard InChI is InChI=1S/C19H18N6S/c1-11-10-20-19(26-17-8-13-4-2-3-5-14(13)21-17)23-18(11)22-16-9-15(24-25-16)12-6-7-12/h2-5,8-10,12,21H,6-7H2,1H3,(H2,20,22,23,24,25). The Morgan fingerprint density at radius 3 is 2.92 bits per heavy atom.